The molecule has 1 N–H and O–H groups in total. The number of nitrogens with one attached hydrogen (secondary N) is 1. The SMILES string of the molecule is CON(C)S(=O)(=O)c1cccc(C(=O)NCC2(c3ccccc3)CCCC2)c1. The van der Waals surface area contributed by atoms with E-state index in [4.69, 9.17) is 4.84 Å². The number of rotatable bonds is 7. The van der Waals surface area contributed by atoms with Crippen molar-refractivity contribution in [2.24, 2.45) is 0 Å². The fourth-order valence-electron chi connectivity index (χ4n) is 3.81. The Hall–Kier alpha value is -2.22. The Balaban J connectivity index is 1.77. The Morgan fingerprint density at radius 3 is 2.43 bits per heavy atom. The maximum atomic E-state index is 12.7. The highest BCUT2D eigenvalue weighted by Gasteiger charge is 2.35. The third-order valence-corrected chi connectivity index (χ3v) is 7.20. The lowest BCUT2D eigenvalue weighted by Gasteiger charge is -2.30. The summed E-state index contributed by atoms with van der Waals surface area (Å²) in [7, 11) is -1.21. The number of carbonyl (C=O) groups excluding carboxylic acids is 1. The van der Waals surface area contributed by atoms with E-state index in [-0.39, 0.29) is 16.2 Å². The van der Waals surface area contributed by atoms with Crippen LogP contribution in [-0.2, 0) is 20.3 Å². The first kappa shape index (κ1) is 20.5. The average molecular weight is 403 g/mol. The fraction of sp³-hybridized carbons (Fsp3) is 0.381. The lowest BCUT2D eigenvalue weighted by atomic mass is 9.79. The second-order valence-electron chi connectivity index (χ2n) is 7.16. The molecule has 0 saturated heterocycles. The molecule has 150 valence electrons. The zero-order valence-corrected chi connectivity index (χ0v) is 17.0. The van der Waals surface area contributed by atoms with Crippen molar-refractivity contribution in [3.05, 3.63) is 65.7 Å². The van der Waals surface area contributed by atoms with Crippen LogP contribution in [0.15, 0.2) is 59.5 Å². The summed E-state index contributed by atoms with van der Waals surface area (Å²) in [5, 5.41) is 3.02. The molecule has 28 heavy (non-hydrogen) atoms. The van der Waals surface area contributed by atoms with Gasteiger partial charge in [0.2, 0.25) is 0 Å². The van der Waals surface area contributed by atoms with Crippen LogP contribution in [0.1, 0.15) is 41.6 Å². The number of benzene rings is 2. The van der Waals surface area contributed by atoms with Gasteiger partial charge in [0.15, 0.2) is 0 Å². The maximum absolute atomic E-state index is 12.7. The van der Waals surface area contributed by atoms with Gasteiger partial charge in [-0.3, -0.25) is 9.63 Å². The highest BCUT2D eigenvalue weighted by Crippen LogP contribution is 2.40. The van der Waals surface area contributed by atoms with Crippen molar-refractivity contribution < 1.29 is 18.0 Å². The van der Waals surface area contributed by atoms with Crippen molar-refractivity contribution >= 4 is 15.9 Å². The predicted octanol–water partition coefficient (Wildman–Crippen LogP) is 3.11. The predicted molar refractivity (Wildman–Crippen MR) is 107 cm³/mol. The summed E-state index contributed by atoms with van der Waals surface area (Å²) < 4.78 is 25.6. The highest BCUT2D eigenvalue weighted by molar-refractivity contribution is 7.89. The van der Waals surface area contributed by atoms with Gasteiger partial charge in [0.05, 0.1) is 12.0 Å². The largest absolute Gasteiger partial charge is 0.351 e. The van der Waals surface area contributed by atoms with Gasteiger partial charge in [-0.25, -0.2) is 8.42 Å². The molecule has 0 spiro atoms. The number of hydroxylamine groups is 1. The molecule has 0 bridgehead atoms. The van der Waals surface area contributed by atoms with Gasteiger partial charge in [-0.1, -0.05) is 53.7 Å². The monoisotopic (exact) mass is 402 g/mol. The van der Waals surface area contributed by atoms with Gasteiger partial charge in [0.25, 0.3) is 15.9 Å². The van der Waals surface area contributed by atoms with Gasteiger partial charge >= 0.3 is 0 Å². The molecule has 1 aliphatic rings. The standard InChI is InChI=1S/C21H26N2O4S/c1-23(27-2)28(25,26)19-12-8-9-17(15-19)20(24)22-16-21(13-6-7-14-21)18-10-4-3-5-11-18/h3-5,8-12,15H,6-7,13-14,16H2,1-2H3,(H,22,24). The summed E-state index contributed by atoms with van der Waals surface area (Å²) in [5.74, 6) is -0.278. The molecule has 3 rings (SSSR count). The molecule has 0 atom stereocenters. The van der Waals surface area contributed by atoms with Gasteiger partial charge in [-0.15, -0.1) is 0 Å². The van der Waals surface area contributed by atoms with Crippen molar-refractivity contribution in [3.8, 4) is 0 Å². The molecule has 0 unspecified atom stereocenters. The van der Waals surface area contributed by atoms with E-state index in [2.05, 4.69) is 17.4 Å². The minimum atomic E-state index is -3.80. The summed E-state index contributed by atoms with van der Waals surface area (Å²) >= 11 is 0. The molecule has 0 radical (unpaired) electrons. The Morgan fingerprint density at radius 2 is 1.79 bits per heavy atom. The van der Waals surface area contributed by atoms with Gasteiger partial charge in [0.1, 0.15) is 0 Å². The number of hydrogen-bond acceptors (Lipinski definition) is 4. The molecule has 2 aromatic carbocycles. The van der Waals surface area contributed by atoms with Crippen LogP contribution in [0.5, 0.6) is 0 Å². The molecule has 1 saturated carbocycles. The van der Waals surface area contributed by atoms with Crippen LogP contribution < -0.4 is 5.32 Å². The van der Waals surface area contributed by atoms with E-state index < -0.39 is 10.0 Å². The Kier molecular flexibility index (Phi) is 6.17. The summed E-state index contributed by atoms with van der Waals surface area (Å²) in [6.45, 7) is 0.533. The van der Waals surface area contributed by atoms with Crippen LogP contribution >= 0.6 is 0 Å². The highest BCUT2D eigenvalue weighted by atomic mass is 32.2. The second kappa shape index (κ2) is 8.43. The summed E-state index contributed by atoms with van der Waals surface area (Å²) in [4.78, 5) is 17.6. The molecule has 1 amide bonds. The van der Waals surface area contributed by atoms with Crippen LogP contribution in [0.2, 0.25) is 0 Å². The minimum Gasteiger partial charge on any atom is -0.351 e. The first-order valence-electron chi connectivity index (χ1n) is 9.36. The van der Waals surface area contributed by atoms with Crippen LogP contribution in [0, 0.1) is 0 Å². The first-order chi connectivity index (χ1) is 13.4. The minimum absolute atomic E-state index is 0.0168. The van der Waals surface area contributed by atoms with Gasteiger partial charge in [-0.2, -0.15) is 0 Å². The lowest BCUT2D eigenvalue weighted by Crippen LogP contribution is -2.39. The van der Waals surface area contributed by atoms with E-state index >= 15 is 0 Å². The number of hydrogen-bond donors (Lipinski definition) is 1. The van der Waals surface area contributed by atoms with E-state index in [0.29, 0.717) is 12.1 Å². The summed E-state index contributed by atoms with van der Waals surface area (Å²) in [5.41, 5.74) is 1.49. The average Bonchev–Trinajstić information content (AvgIpc) is 3.22. The van der Waals surface area contributed by atoms with E-state index in [1.54, 1.807) is 12.1 Å². The molecule has 6 nitrogen and oxygen atoms in total. The molecule has 0 heterocycles. The molecule has 2 aromatic rings. The molecular weight excluding hydrogens is 376 g/mol. The van der Waals surface area contributed by atoms with E-state index in [0.717, 1.165) is 30.2 Å². The number of sulfonamides is 1. The van der Waals surface area contributed by atoms with Crippen LogP contribution in [0.25, 0.3) is 0 Å². The Morgan fingerprint density at radius 1 is 1.11 bits per heavy atom. The second-order valence-corrected chi connectivity index (χ2v) is 9.10. The van der Waals surface area contributed by atoms with Crippen LogP contribution in [0.4, 0.5) is 0 Å². The fourth-order valence-corrected chi connectivity index (χ4v) is 4.83. The third kappa shape index (κ3) is 4.11. The van der Waals surface area contributed by atoms with E-state index in [9.17, 15) is 13.2 Å². The quantitative estimate of drug-likeness (QED) is 0.722. The van der Waals surface area contributed by atoms with Crippen LogP contribution in [-0.4, -0.2) is 39.5 Å². The van der Waals surface area contributed by atoms with Crippen molar-refractivity contribution in [1.82, 2.24) is 9.79 Å². The van der Waals surface area contributed by atoms with E-state index in [1.807, 2.05) is 18.2 Å². The van der Waals surface area contributed by atoms with E-state index in [1.165, 1.54) is 31.9 Å². The topological polar surface area (TPSA) is 75.7 Å². The van der Waals surface area contributed by atoms with Crippen molar-refractivity contribution in [2.75, 3.05) is 20.7 Å². The zero-order chi connectivity index (χ0) is 20.2. The maximum Gasteiger partial charge on any atom is 0.264 e. The van der Waals surface area contributed by atoms with Crippen molar-refractivity contribution in [2.45, 2.75) is 36.0 Å². The number of carbonyl (C=O) groups is 1. The van der Waals surface area contributed by atoms with Crippen molar-refractivity contribution in [1.29, 1.82) is 0 Å². The molecule has 0 aromatic heterocycles. The normalized spacial score (nSPS) is 16.2. The molecule has 7 heteroatoms. The molecule has 1 fully saturated rings. The van der Waals surface area contributed by atoms with Gasteiger partial charge < -0.3 is 5.32 Å². The smallest absolute Gasteiger partial charge is 0.264 e. The Labute approximate surface area is 166 Å². The molecule has 1 aliphatic carbocycles. The summed E-state index contributed by atoms with van der Waals surface area (Å²) in [6, 6.07) is 16.3. The lowest BCUT2D eigenvalue weighted by molar-refractivity contribution is -0.0258. The Bertz CT molecular complexity index is 922. The zero-order valence-electron chi connectivity index (χ0n) is 16.2. The third-order valence-electron chi connectivity index (χ3n) is 5.52. The summed E-state index contributed by atoms with van der Waals surface area (Å²) in [6.07, 6.45) is 4.35. The molecule has 0 aliphatic heterocycles. The van der Waals surface area contributed by atoms with Gasteiger partial charge in [-0.05, 0) is 36.6 Å². The number of nitrogens with zero attached hydrogens (tertiary/aromatic N) is 1. The number of amides is 1. The van der Waals surface area contributed by atoms with Crippen LogP contribution in [0.3, 0.4) is 0 Å². The molecular formula is C21H26N2O4S. The first-order valence-corrected chi connectivity index (χ1v) is 10.8. The van der Waals surface area contributed by atoms with Crippen molar-refractivity contribution in [3.63, 3.8) is 0 Å². The van der Waals surface area contributed by atoms with Gasteiger partial charge in [0, 0.05) is 24.6 Å².